The minimum absolute atomic E-state index is 0.0654. The Bertz CT molecular complexity index is 496. The van der Waals surface area contributed by atoms with Gasteiger partial charge in [-0.05, 0) is 12.3 Å². The molecule has 0 bridgehead atoms. The van der Waals surface area contributed by atoms with Crippen molar-refractivity contribution in [1.82, 2.24) is 10.0 Å². The van der Waals surface area contributed by atoms with E-state index in [1.165, 1.54) is 0 Å². The molecule has 2 atom stereocenters. The number of carbonyl (C=O) groups excluding carboxylic acids is 1. The Balaban J connectivity index is 2.87. The maximum absolute atomic E-state index is 12.3. The lowest BCUT2D eigenvalue weighted by atomic mass is 9.97. The van der Waals surface area contributed by atoms with Gasteiger partial charge < -0.3 is 15.2 Å². The maximum Gasteiger partial charge on any atom is 0.331 e. The first-order valence-corrected chi connectivity index (χ1v) is 8.55. The SMILES string of the molecule is CC(C)CC(NS(C)(=O)=O)C(=O)NC1(C(=O)O)CCOC1. The zero-order chi connectivity index (χ0) is 16.3. The van der Waals surface area contributed by atoms with E-state index >= 15 is 0 Å². The second-order valence-corrected chi connectivity index (χ2v) is 7.53. The van der Waals surface area contributed by atoms with Crippen LogP contribution in [-0.2, 0) is 24.3 Å². The van der Waals surface area contributed by atoms with Crippen molar-refractivity contribution in [2.45, 2.75) is 38.3 Å². The highest BCUT2D eigenvalue weighted by atomic mass is 32.2. The number of hydrogen-bond acceptors (Lipinski definition) is 5. The molecule has 8 nitrogen and oxygen atoms in total. The van der Waals surface area contributed by atoms with Gasteiger partial charge in [0.2, 0.25) is 15.9 Å². The van der Waals surface area contributed by atoms with Crippen LogP contribution in [0.25, 0.3) is 0 Å². The molecular weight excluding hydrogens is 300 g/mol. The zero-order valence-corrected chi connectivity index (χ0v) is 13.2. The first-order valence-electron chi connectivity index (χ1n) is 6.66. The molecule has 21 heavy (non-hydrogen) atoms. The normalized spacial score (nSPS) is 24.0. The number of nitrogens with one attached hydrogen (secondary N) is 2. The smallest absolute Gasteiger partial charge is 0.331 e. The summed E-state index contributed by atoms with van der Waals surface area (Å²) in [7, 11) is -3.58. The van der Waals surface area contributed by atoms with Gasteiger partial charge >= 0.3 is 5.97 Å². The lowest BCUT2D eigenvalue weighted by molar-refractivity contribution is -0.148. The van der Waals surface area contributed by atoms with Gasteiger partial charge in [-0.25, -0.2) is 17.9 Å². The highest BCUT2D eigenvalue weighted by Crippen LogP contribution is 2.20. The number of rotatable bonds is 7. The van der Waals surface area contributed by atoms with Crippen LogP contribution < -0.4 is 10.0 Å². The maximum atomic E-state index is 12.3. The van der Waals surface area contributed by atoms with Crippen LogP contribution in [-0.4, -0.2) is 56.5 Å². The molecule has 1 amide bonds. The Morgan fingerprint density at radius 3 is 2.38 bits per heavy atom. The number of amides is 1. The van der Waals surface area contributed by atoms with Crippen molar-refractivity contribution in [2.75, 3.05) is 19.5 Å². The van der Waals surface area contributed by atoms with E-state index in [9.17, 15) is 23.1 Å². The van der Waals surface area contributed by atoms with Crippen LogP contribution in [0.15, 0.2) is 0 Å². The van der Waals surface area contributed by atoms with Gasteiger partial charge in [0.05, 0.1) is 12.9 Å². The van der Waals surface area contributed by atoms with Gasteiger partial charge in [0.15, 0.2) is 5.54 Å². The molecule has 0 aliphatic carbocycles. The molecule has 9 heteroatoms. The highest BCUT2D eigenvalue weighted by Gasteiger charge is 2.45. The Kier molecular flexibility index (Phi) is 5.71. The predicted octanol–water partition coefficient (Wildman–Crippen LogP) is -0.690. The van der Waals surface area contributed by atoms with E-state index in [0.717, 1.165) is 6.26 Å². The molecule has 1 aliphatic heterocycles. The van der Waals surface area contributed by atoms with Crippen molar-refractivity contribution >= 4 is 21.9 Å². The number of ether oxygens (including phenoxy) is 1. The van der Waals surface area contributed by atoms with Crippen molar-refractivity contribution in [1.29, 1.82) is 0 Å². The summed E-state index contributed by atoms with van der Waals surface area (Å²) < 4.78 is 30.0. The summed E-state index contributed by atoms with van der Waals surface area (Å²) >= 11 is 0. The lowest BCUT2D eigenvalue weighted by Crippen LogP contribution is -2.60. The molecule has 1 heterocycles. The van der Waals surface area contributed by atoms with E-state index < -0.39 is 33.5 Å². The fourth-order valence-electron chi connectivity index (χ4n) is 2.15. The molecule has 0 aromatic rings. The number of sulfonamides is 1. The van der Waals surface area contributed by atoms with Crippen LogP contribution in [0.3, 0.4) is 0 Å². The third-order valence-electron chi connectivity index (χ3n) is 3.17. The Hall–Kier alpha value is -1.19. The molecule has 1 rings (SSSR count). The van der Waals surface area contributed by atoms with Crippen molar-refractivity contribution in [3.63, 3.8) is 0 Å². The quantitative estimate of drug-likeness (QED) is 0.570. The Morgan fingerprint density at radius 1 is 1.38 bits per heavy atom. The molecule has 0 aromatic carbocycles. The first kappa shape index (κ1) is 17.9. The molecule has 122 valence electrons. The van der Waals surface area contributed by atoms with Gasteiger partial charge in [-0.15, -0.1) is 0 Å². The molecule has 1 aliphatic rings. The fourth-order valence-corrected chi connectivity index (χ4v) is 2.87. The second-order valence-electron chi connectivity index (χ2n) is 5.75. The molecule has 1 fully saturated rings. The average Bonchev–Trinajstić information content (AvgIpc) is 2.75. The van der Waals surface area contributed by atoms with Crippen LogP contribution in [0.5, 0.6) is 0 Å². The van der Waals surface area contributed by atoms with Gasteiger partial charge in [0, 0.05) is 13.0 Å². The van der Waals surface area contributed by atoms with Crippen molar-refractivity contribution in [3.8, 4) is 0 Å². The van der Waals surface area contributed by atoms with Crippen LogP contribution in [0.2, 0.25) is 0 Å². The van der Waals surface area contributed by atoms with Gasteiger partial charge in [0.25, 0.3) is 0 Å². The van der Waals surface area contributed by atoms with Crippen molar-refractivity contribution in [3.05, 3.63) is 0 Å². The predicted molar refractivity (Wildman–Crippen MR) is 75.2 cm³/mol. The van der Waals surface area contributed by atoms with Crippen LogP contribution >= 0.6 is 0 Å². The summed E-state index contributed by atoms with van der Waals surface area (Å²) in [6.45, 7) is 3.80. The van der Waals surface area contributed by atoms with E-state index in [4.69, 9.17) is 4.74 Å². The van der Waals surface area contributed by atoms with E-state index in [1.54, 1.807) is 0 Å². The summed E-state index contributed by atoms with van der Waals surface area (Å²) in [5, 5.41) is 11.7. The van der Waals surface area contributed by atoms with E-state index in [1.807, 2.05) is 13.8 Å². The summed E-state index contributed by atoms with van der Waals surface area (Å²) in [6, 6.07) is -1.00. The average molecular weight is 322 g/mol. The monoisotopic (exact) mass is 322 g/mol. The molecule has 0 aromatic heterocycles. The van der Waals surface area contributed by atoms with Gasteiger partial charge in [-0.1, -0.05) is 13.8 Å². The number of carbonyl (C=O) groups is 2. The minimum Gasteiger partial charge on any atom is -0.479 e. The summed E-state index contributed by atoms with van der Waals surface area (Å²) in [5.41, 5.74) is -1.48. The highest BCUT2D eigenvalue weighted by molar-refractivity contribution is 7.88. The van der Waals surface area contributed by atoms with Crippen LogP contribution in [0.1, 0.15) is 26.7 Å². The number of hydrogen-bond donors (Lipinski definition) is 3. The zero-order valence-electron chi connectivity index (χ0n) is 12.4. The van der Waals surface area contributed by atoms with Gasteiger partial charge in [0.1, 0.15) is 6.04 Å². The Labute approximate surface area is 124 Å². The molecule has 3 N–H and O–H groups in total. The van der Waals surface area contributed by atoms with Crippen molar-refractivity contribution in [2.24, 2.45) is 5.92 Å². The second kappa shape index (κ2) is 6.71. The fraction of sp³-hybridized carbons (Fsp3) is 0.833. The van der Waals surface area contributed by atoms with E-state index in [0.29, 0.717) is 0 Å². The third kappa shape index (κ3) is 5.25. The van der Waals surface area contributed by atoms with Crippen molar-refractivity contribution < 1.29 is 27.9 Å². The first-order chi connectivity index (χ1) is 9.56. The van der Waals surface area contributed by atoms with Gasteiger partial charge in [-0.3, -0.25) is 4.79 Å². The van der Waals surface area contributed by atoms with Gasteiger partial charge in [-0.2, -0.15) is 0 Å². The summed E-state index contributed by atoms with van der Waals surface area (Å²) in [6.07, 6.45) is 1.38. The third-order valence-corrected chi connectivity index (χ3v) is 3.89. The topological polar surface area (TPSA) is 122 Å². The molecule has 0 spiro atoms. The Morgan fingerprint density at radius 2 is 2.00 bits per heavy atom. The summed E-state index contributed by atoms with van der Waals surface area (Å²) in [4.78, 5) is 23.6. The number of carboxylic acid groups (broad SMARTS) is 1. The summed E-state index contributed by atoms with van der Waals surface area (Å²) in [5.74, 6) is -1.77. The van der Waals surface area contributed by atoms with Crippen LogP contribution in [0, 0.1) is 5.92 Å². The number of aliphatic carboxylic acids is 1. The standard InChI is InChI=1S/C12H22N2O6S/c1-8(2)6-9(14-21(3,18)19)10(15)13-12(11(16)17)4-5-20-7-12/h8-9,14H,4-7H2,1-3H3,(H,13,15)(H,16,17). The minimum atomic E-state index is -3.58. The van der Waals surface area contributed by atoms with Crippen LogP contribution in [0.4, 0.5) is 0 Å². The molecule has 1 saturated heterocycles. The molecule has 2 unspecified atom stereocenters. The number of carboxylic acids is 1. The van der Waals surface area contributed by atoms with E-state index in [-0.39, 0.29) is 32.0 Å². The largest absolute Gasteiger partial charge is 0.479 e. The molecule has 0 radical (unpaired) electrons. The molecule has 0 saturated carbocycles. The lowest BCUT2D eigenvalue weighted by Gasteiger charge is -2.27. The van der Waals surface area contributed by atoms with E-state index in [2.05, 4.69) is 10.0 Å². The molecular formula is C12H22N2O6S.